The highest BCUT2D eigenvalue weighted by molar-refractivity contribution is 6.17. The SMILES string of the molecule is COc1cccc(C[C@@]2(NC(=O)c3ccccc3)N=C3C(C)=CC=CN3C2=O)c1OC. The first-order chi connectivity index (χ1) is 15.0. The van der Waals surface area contributed by atoms with Gasteiger partial charge >= 0.3 is 0 Å². The molecule has 31 heavy (non-hydrogen) atoms. The number of allylic oxidation sites excluding steroid dienone is 2. The van der Waals surface area contributed by atoms with Crippen LogP contribution in [-0.4, -0.2) is 42.4 Å². The van der Waals surface area contributed by atoms with E-state index in [1.54, 1.807) is 49.7 Å². The largest absolute Gasteiger partial charge is 0.493 e. The highest BCUT2D eigenvalue weighted by Gasteiger charge is 2.50. The number of rotatable bonds is 6. The second-order valence-electron chi connectivity index (χ2n) is 7.31. The Balaban J connectivity index is 1.80. The predicted octanol–water partition coefficient (Wildman–Crippen LogP) is 3.09. The Labute approximate surface area is 180 Å². The molecule has 7 heteroatoms. The van der Waals surface area contributed by atoms with E-state index < -0.39 is 5.66 Å². The summed E-state index contributed by atoms with van der Waals surface area (Å²) in [5.74, 6) is 0.837. The number of nitrogens with zero attached hydrogens (tertiary/aromatic N) is 2. The van der Waals surface area contributed by atoms with Gasteiger partial charge in [0.25, 0.3) is 11.8 Å². The number of aliphatic imine (C=N–C) groups is 1. The Bertz CT molecular complexity index is 1120. The Morgan fingerprint density at radius 1 is 1.10 bits per heavy atom. The van der Waals surface area contributed by atoms with E-state index in [2.05, 4.69) is 5.32 Å². The molecule has 0 aromatic heterocycles. The fourth-order valence-corrected chi connectivity index (χ4v) is 3.80. The molecule has 0 spiro atoms. The lowest BCUT2D eigenvalue weighted by molar-refractivity contribution is -0.130. The molecule has 0 saturated heterocycles. The molecule has 2 aliphatic heterocycles. The molecule has 0 unspecified atom stereocenters. The first kappa shape index (κ1) is 20.4. The standard InChI is InChI=1S/C24H23N3O4/c1-16-9-8-14-27-21(16)25-24(23(27)29,26-22(28)17-10-5-4-6-11-17)15-18-12-7-13-19(30-2)20(18)31-3/h4-14H,15H2,1-3H3,(H,26,28)/t24-/m0/s1. The number of para-hydroxylation sites is 1. The van der Waals surface area contributed by atoms with E-state index in [4.69, 9.17) is 14.5 Å². The van der Waals surface area contributed by atoms with Crippen LogP contribution >= 0.6 is 0 Å². The number of carbonyl (C=O) groups excluding carboxylic acids is 2. The van der Waals surface area contributed by atoms with E-state index in [0.717, 1.165) is 5.57 Å². The van der Waals surface area contributed by atoms with Crippen molar-refractivity contribution < 1.29 is 19.1 Å². The quantitative estimate of drug-likeness (QED) is 0.783. The van der Waals surface area contributed by atoms with Crippen molar-refractivity contribution in [2.75, 3.05) is 14.2 Å². The molecule has 2 heterocycles. The van der Waals surface area contributed by atoms with Gasteiger partial charge < -0.3 is 14.8 Å². The van der Waals surface area contributed by atoms with Gasteiger partial charge in [-0.2, -0.15) is 0 Å². The highest BCUT2D eigenvalue weighted by atomic mass is 16.5. The van der Waals surface area contributed by atoms with E-state index in [-0.39, 0.29) is 18.2 Å². The molecule has 2 aliphatic rings. The van der Waals surface area contributed by atoms with Gasteiger partial charge in [-0.25, -0.2) is 4.99 Å². The van der Waals surface area contributed by atoms with Gasteiger partial charge in [-0.05, 0) is 36.8 Å². The molecule has 0 saturated carbocycles. The fraction of sp³-hybridized carbons (Fsp3) is 0.208. The number of fused-ring (bicyclic) bond motifs is 1. The van der Waals surface area contributed by atoms with E-state index in [0.29, 0.717) is 28.5 Å². The maximum atomic E-state index is 13.6. The summed E-state index contributed by atoms with van der Waals surface area (Å²) in [5.41, 5.74) is 0.453. The molecular formula is C24H23N3O4. The Morgan fingerprint density at radius 3 is 2.55 bits per heavy atom. The zero-order valence-corrected chi connectivity index (χ0v) is 17.6. The monoisotopic (exact) mass is 417 g/mol. The van der Waals surface area contributed by atoms with Crippen LogP contribution < -0.4 is 14.8 Å². The van der Waals surface area contributed by atoms with Gasteiger partial charge in [0.2, 0.25) is 5.66 Å². The third-order valence-electron chi connectivity index (χ3n) is 5.32. The minimum Gasteiger partial charge on any atom is -0.493 e. The zero-order chi connectivity index (χ0) is 22.0. The van der Waals surface area contributed by atoms with Crippen LogP contribution in [0.5, 0.6) is 11.5 Å². The Hall–Kier alpha value is -3.87. The summed E-state index contributed by atoms with van der Waals surface area (Å²) in [7, 11) is 3.09. The first-order valence-corrected chi connectivity index (χ1v) is 9.85. The molecule has 1 N–H and O–H groups in total. The number of benzene rings is 2. The zero-order valence-electron chi connectivity index (χ0n) is 17.6. The van der Waals surface area contributed by atoms with Crippen LogP contribution in [0.3, 0.4) is 0 Å². The van der Waals surface area contributed by atoms with E-state index in [1.807, 2.05) is 31.2 Å². The molecule has 0 fully saturated rings. The topological polar surface area (TPSA) is 80.2 Å². The van der Waals surface area contributed by atoms with Crippen molar-refractivity contribution in [3.8, 4) is 11.5 Å². The van der Waals surface area contributed by atoms with Crippen LogP contribution in [0.15, 0.2) is 77.4 Å². The summed E-state index contributed by atoms with van der Waals surface area (Å²) in [6.07, 6.45) is 5.43. The average molecular weight is 417 g/mol. The molecule has 2 aromatic rings. The van der Waals surface area contributed by atoms with Crippen molar-refractivity contribution in [3.05, 3.63) is 83.6 Å². The van der Waals surface area contributed by atoms with Crippen molar-refractivity contribution >= 4 is 17.6 Å². The number of amides is 2. The summed E-state index contributed by atoms with van der Waals surface area (Å²) < 4.78 is 11.0. The number of methoxy groups -OCH3 is 2. The van der Waals surface area contributed by atoms with Crippen molar-refractivity contribution in [3.63, 3.8) is 0 Å². The van der Waals surface area contributed by atoms with Gasteiger partial charge in [0.05, 0.1) is 14.2 Å². The number of hydrogen-bond acceptors (Lipinski definition) is 5. The maximum absolute atomic E-state index is 13.6. The second kappa shape index (κ2) is 8.10. The van der Waals surface area contributed by atoms with Gasteiger partial charge in [-0.15, -0.1) is 0 Å². The molecule has 158 valence electrons. The molecule has 2 amide bonds. The minimum absolute atomic E-state index is 0.103. The molecule has 7 nitrogen and oxygen atoms in total. The van der Waals surface area contributed by atoms with Crippen LogP contribution in [0.1, 0.15) is 22.8 Å². The second-order valence-corrected chi connectivity index (χ2v) is 7.31. The molecular weight excluding hydrogens is 394 g/mol. The third-order valence-corrected chi connectivity index (χ3v) is 5.32. The summed E-state index contributed by atoms with van der Waals surface area (Å²) in [6, 6.07) is 14.2. The summed E-state index contributed by atoms with van der Waals surface area (Å²) in [5, 5.41) is 2.90. The van der Waals surface area contributed by atoms with E-state index >= 15 is 0 Å². The molecule has 4 rings (SSSR count). The summed E-state index contributed by atoms with van der Waals surface area (Å²) in [6.45, 7) is 1.88. The number of hydrogen-bond donors (Lipinski definition) is 1. The maximum Gasteiger partial charge on any atom is 0.281 e. The third kappa shape index (κ3) is 3.59. The van der Waals surface area contributed by atoms with Gasteiger partial charge in [0, 0.05) is 23.7 Å². The lowest BCUT2D eigenvalue weighted by Gasteiger charge is -2.27. The van der Waals surface area contributed by atoms with Crippen molar-refractivity contribution in [1.29, 1.82) is 0 Å². The van der Waals surface area contributed by atoms with Crippen molar-refractivity contribution in [1.82, 2.24) is 10.2 Å². The number of amidine groups is 1. The van der Waals surface area contributed by atoms with Crippen LogP contribution in [0, 0.1) is 0 Å². The van der Waals surface area contributed by atoms with Crippen molar-refractivity contribution in [2.24, 2.45) is 4.99 Å². The van der Waals surface area contributed by atoms with E-state index in [1.165, 1.54) is 12.0 Å². The minimum atomic E-state index is -1.52. The number of nitrogens with one attached hydrogen (secondary N) is 1. The summed E-state index contributed by atoms with van der Waals surface area (Å²) in [4.78, 5) is 32.9. The first-order valence-electron chi connectivity index (χ1n) is 9.85. The molecule has 0 radical (unpaired) electrons. The normalized spacial score (nSPS) is 19.5. The Morgan fingerprint density at radius 2 is 1.87 bits per heavy atom. The van der Waals surface area contributed by atoms with E-state index in [9.17, 15) is 9.59 Å². The van der Waals surface area contributed by atoms with Crippen LogP contribution in [-0.2, 0) is 11.2 Å². The van der Waals surface area contributed by atoms with Crippen LogP contribution in [0.2, 0.25) is 0 Å². The van der Waals surface area contributed by atoms with Gasteiger partial charge in [0.1, 0.15) is 5.84 Å². The predicted molar refractivity (Wildman–Crippen MR) is 117 cm³/mol. The number of carbonyl (C=O) groups is 2. The molecule has 1 atom stereocenters. The van der Waals surface area contributed by atoms with Crippen LogP contribution in [0.4, 0.5) is 0 Å². The summed E-state index contributed by atoms with van der Waals surface area (Å²) >= 11 is 0. The van der Waals surface area contributed by atoms with Gasteiger partial charge in [-0.1, -0.05) is 36.4 Å². The van der Waals surface area contributed by atoms with Crippen molar-refractivity contribution in [2.45, 2.75) is 19.0 Å². The molecule has 2 aromatic carbocycles. The molecule has 0 aliphatic carbocycles. The smallest absolute Gasteiger partial charge is 0.281 e. The van der Waals surface area contributed by atoms with Crippen LogP contribution in [0.25, 0.3) is 0 Å². The van der Waals surface area contributed by atoms with Gasteiger partial charge in [0.15, 0.2) is 11.5 Å². The fourth-order valence-electron chi connectivity index (χ4n) is 3.80. The highest BCUT2D eigenvalue weighted by Crippen LogP contribution is 2.36. The molecule has 0 bridgehead atoms. The average Bonchev–Trinajstić information content (AvgIpc) is 3.07. The van der Waals surface area contributed by atoms with Gasteiger partial charge in [-0.3, -0.25) is 14.5 Å². The lowest BCUT2D eigenvalue weighted by atomic mass is 9.97. The Kier molecular flexibility index (Phi) is 5.33. The number of ether oxygens (including phenoxy) is 2. The lowest BCUT2D eigenvalue weighted by Crippen LogP contribution is -2.55.